The minimum Gasteiger partial charge on any atom is -0.306 e. The normalized spacial score (nSPS) is 15.0. The van der Waals surface area contributed by atoms with Crippen LogP contribution in [0.1, 0.15) is 43.0 Å². The number of hydrogen-bond donors (Lipinski definition) is 2. The first-order valence-corrected chi connectivity index (χ1v) is 9.44. The summed E-state index contributed by atoms with van der Waals surface area (Å²) in [6.07, 6.45) is 4.75. The molecule has 6 nitrogen and oxygen atoms in total. The molecule has 27 heavy (non-hydrogen) atoms. The summed E-state index contributed by atoms with van der Waals surface area (Å²) < 4.78 is 1.92. The fourth-order valence-electron chi connectivity index (χ4n) is 4.04. The Hall–Kier alpha value is -3.15. The largest absolute Gasteiger partial charge is 0.323 e. The van der Waals surface area contributed by atoms with Crippen molar-refractivity contribution in [3.05, 3.63) is 64.3 Å². The Morgan fingerprint density at radius 1 is 1.07 bits per heavy atom. The molecule has 0 aliphatic heterocycles. The number of aromatic nitrogens is 5. The monoisotopic (exact) mass is 359 g/mol. The molecule has 0 amide bonds. The second-order valence-corrected chi connectivity index (χ2v) is 7.33. The molecule has 0 atom stereocenters. The summed E-state index contributed by atoms with van der Waals surface area (Å²) >= 11 is 0. The number of aromatic amines is 2. The van der Waals surface area contributed by atoms with Gasteiger partial charge < -0.3 is 9.97 Å². The Bertz CT molecular complexity index is 1180. The van der Waals surface area contributed by atoms with Crippen molar-refractivity contribution in [3.63, 3.8) is 0 Å². The minimum atomic E-state index is -0.213. The van der Waals surface area contributed by atoms with Crippen molar-refractivity contribution >= 4 is 11.0 Å². The molecular weight excluding hydrogens is 338 g/mol. The number of benzene rings is 2. The van der Waals surface area contributed by atoms with E-state index in [0.717, 1.165) is 46.8 Å². The molecule has 2 aromatic heterocycles. The van der Waals surface area contributed by atoms with Crippen molar-refractivity contribution in [2.24, 2.45) is 0 Å². The van der Waals surface area contributed by atoms with Gasteiger partial charge in [-0.05, 0) is 49.6 Å². The average molecular weight is 359 g/mol. The van der Waals surface area contributed by atoms with Crippen LogP contribution in [0.4, 0.5) is 0 Å². The van der Waals surface area contributed by atoms with E-state index in [0.29, 0.717) is 5.92 Å². The molecule has 0 radical (unpaired) electrons. The van der Waals surface area contributed by atoms with Crippen LogP contribution >= 0.6 is 0 Å². The number of fused-ring (bicyclic) bond motifs is 1. The number of H-pyrrole nitrogens is 2. The van der Waals surface area contributed by atoms with Crippen molar-refractivity contribution < 1.29 is 0 Å². The van der Waals surface area contributed by atoms with Crippen LogP contribution in [0.3, 0.4) is 0 Å². The molecule has 136 valence electrons. The van der Waals surface area contributed by atoms with E-state index in [1.807, 2.05) is 35.0 Å². The van der Waals surface area contributed by atoms with E-state index in [1.54, 1.807) is 0 Å². The second-order valence-electron chi connectivity index (χ2n) is 7.33. The number of para-hydroxylation sites is 1. The number of nitrogens with zero attached hydrogens (tertiary/aromatic N) is 3. The van der Waals surface area contributed by atoms with Gasteiger partial charge in [0.1, 0.15) is 0 Å². The van der Waals surface area contributed by atoms with Crippen molar-refractivity contribution in [1.29, 1.82) is 0 Å². The SMILES string of the molecule is Cc1cccc(-n2nc(C3CCCC3)nc2-c2cccc3[nH]c(=O)[nH]c23)c1. The lowest BCUT2D eigenvalue weighted by Crippen LogP contribution is -2.02. The topological polar surface area (TPSA) is 79.4 Å². The van der Waals surface area contributed by atoms with Crippen molar-refractivity contribution in [2.45, 2.75) is 38.5 Å². The van der Waals surface area contributed by atoms with Crippen molar-refractivity contribution in [3.8, 4) is 17.1 Å². The molecule has 0 unspecified atom stereocenters. The maximum absolute atomic E-state index is 11.8. The van der Waals surface area contributed by atoms with Gasteiger partial charge in [0.25, 0.3) is 0 Å². The highest BCUT2D eigenvalue weighted by Gasteiger charge is 2.25. The Balaban J connectivity index is 1.75. The van der Waals surface area contributed by atoms with Gasteiger partial charge in [-0.15, -0.1) is 0 Å². The van der Waals surface area contributed by atoms with E-state index in [1.165, 1.54) is 18.4 Å². The smallest absolute Gasteiger partial charge is 0.306 e. The van der Waals surface area contributed by atoms with Gasteiger partial charge in [-0.3, -0.25) is 0 Å². The summed E-state index contributed by atoms with van der Waals surface area (Å²) in [6.45, 7) is 2.07. The van der Waals surface area contributed by atoms with E-state index in [2.05, 4.69) is 29.0 Å². The number of hydrogen-bond acceptors (Lipinski definition) is 3. The van der Waals surface area contributed by atoms with Crippen LogP contribution in [0.5, 0.6) is 0 Å². The Morgan fingerprint density at radius 3 is 2.70 bits per heavy atom. The molecule has 5 rings (SSSR count). The zero-order valence-corrected chi connectivity index (χ0v) is 15.2. The highest BCUT2D eigenvalue weighted by atomic mass is 16.1. The van der Waals surface area contributed by atoms with Crippen LogP contribution in [-0.4, -0.2) is 24.7 Å². The number of imidazole rings is 1. The zero-order chi connectivity index (χ0) is 18.4. The van der Waals surface area contributed by atoms with Gasteiger partial charge in [-0.1, -0.05) is 31.0 Å². The lowest BCUT2D eigenvalue weighted by molar-refractivity contribution is 0.662. The lowest BCUT2D eigenvalue weighted by Gasteiger charge is -2.07. The molecule has 0 spiro atoms. The number of aryl methyl sites for hydroxylation is 1. The Labute approximate surface area is 156 Å². The van der Waals surface area contributed by atoms with Gasteiger partial charge in [0.2, 0.25) is 0 Å². The van der Waals surface area contributed by atoms with E-state index in [4.69, 9.17) is 10.1 Å². The van der Waals surface area contributed by atoms with Crippen LogP contribution in [0.25, 0.3) is 28.1 Å². The quantitative estimate of drug-likeness (QED) is 0.579. The minimum absolute atomic E-state index is 0.213. The zero-order valence-electron chi connectivity index (χ0n) is 15.2. The summed E-state index contributed by atoms with van der Waals surface area (Å²) in [7, 11) is 0. The molecule has 4 aromatic rings. The summed E-state index contributed by atoms with van der Waals surface area (Å²) in [5.41, 5.74) is 4.36. The fourth-order valence-corrected chi connectivity index (χ4v) is 4.04. The summed E-state index contributed by atoms with van der Waals surface area (Å²) in [5, 5.41) is 4.90. The van der Waals surface area contributed by atoms with Gasteiger partial charge in [0.15, 0.2) is 11.6 Å². The third-order valence-electron chi connectivity index (χ3n) is 5.38. The van der Waals surface area contributed by atoms with Gasteiger partial charge >= 0.3 is 5.69 Å². The summed E-state index contributed by atoms with van der Waals surface area (Å²) in [4.78, 5) is 22.5. The van der Waals surface area contributed by atoms with Crippen LogP contribution in [0, 0.1) is 6.92 Å². The molecule has 6 heteroatoms. The molecule has 0 bridgehead atoms. The van der Waals surface area contributed by atoms with E-state index >= 15 is 0 Å². The van der Waals surface area contributed by atoms with Crippen molar-refractivity contribution in [2.75, 3.05) is 0 Å². The molecule has 2 heterocycles. The molecule has 2 N–H and O–H groups in total. The predicted octanol–water partition coefficient (Wildman–Crippen LogP) is 4.07. The van der Waals surface area contributed by atoms with Gasteiger partial charge in [0.05, 0.1) is 16.7 Å². The predicted molar refractivity (Wildman–Crippen MR) is 105 cm³/mol. The van der Waals surface area contributed by atoms with Gasteiger partial charge in [0, 0.05) is 11.5 Å². The molecule has 2 aromatic carbocycles. The van der Waals surface area contributed by atoms with Crippen molar-refractivity contribution in [1.82, 2.24) is 24.7 Å². The standard InChI is InChI=1S/C21H21N5O/c1-13-6-4-9-15(12-13)26-20(24-19(25-26)14-7-2-3-8-14)16-10-5-11-17-18(16)23-21(27)22-17/h4-6,9-12,14H,2-3,7-8H2,1H3,(H2,22,23,27). The Morgan fingerprint density at radius 2 is 1.89 bits per heavy atom. The third-order valence-corrected chi connectivity index (χ3v) is 5.38. The molecular formula is C21H21N5O. The lowest BCUT2D eigenvalue weighted by atomic mass is 10.1. The molecule has 1 fully saturated rings. The molecule has 0 saturated heterocycles. The first-order valence-electron chi connectivity index (χ1n) is 9.44. The van der Waals surface area contributed by atoms with E-state index in [-0.39, 0.29) is 5.69 Å². The van der Waals surface area contributed by atoms with Gasteiger partial charge in [-0.2, -0.15) is 5.10 Å². The van der Waals surface area contributed by atoms with Crippen LogP contribution in [-0.2, 0) is 0 Å². The summed E-state index contributed by atoms with van der Waals surface area (Å²) in [6, 6.07) is 14.1. The van der Waals surface area contributed by atoms with E-state index < -0.39 is 0 Å². The summed E-state index contributed by atoms with van der Waals surface area (Å²) in [5.74, 6) is 2.08. The molecule has 1 aliphatic rings. The molecule has 1 aliphatic carbocycles. The maximum Gasteiger partial charge on any atom is 0.323 e. The first-order chi connectivity index (χ1) is 13.2. The Kier molecular flexibility index (Phi) is 3.70. The van der Waals surface area contributed by atoms with Crippen LogP contribution in [0.15, 0.2) is 47.3 Å². The average Bonchev–Trinajstić information content (AvgIpc) is 3.39. The highest BCUT2D eigenvalue weighted by molar-refractivity contribution is 5.90. The second kappa shape index (κ2) is 6.23. The number of nitrogens with one attached hydrogen (secondary N) is 2. The maximum atomic E-state index is 11.8. The van der Waals surface area contributed by atoms with Gasteiger partial charge in [-0.25, -0.2) is 14.5 Å². The molecule has 1 saturated carbocycles. The fraction of sp³-hybridized carbons (Fsp3) is 0.286. The van der Waals surface area contributed by atoms with Crippen LogP contribution in [0.2, 0.25) is 0 Å². The van der Waals surface area contributed by atoms with Crippen LogP contribution < -0.4 is 5.69 Å². The van der Waals surface area contributed by atoms with E-state index in [9.17, 15) is 4.79 Å². The first kappa shape index (κ1) is 16.1. The number of rotatable bonds is 3. The third kappa shape index (κ3) is 2.77. The highest BCUT2D eigenvalue weighted by Crippen LogP contribution is 2.35.